The van der Waals surface area contributed by atoms with E-state index in [1.807, 2.05) is 4.90 Å². The summed E-state index contributed by atoms with van der Waals surface area (Å²) in [7, 11) is 0. The van der Waals surface area contributed by atoms with E-state index >= 15 is 0 Å². The van der Waals surface area contributed by atoms with Gasteiger partial charge in [-0.3, -0.25) is 19.3 Å². The molecular weight excluding hydrogens is 338 g/mol. The van der Waals surface area contributed by atoms with Gasteiger partial charge in [-0.25, -0.2) is 0 Å². The lowest BCUT2D eigenvalue weighted by Crippen LogP contribution is -2.36. The zero-order valence-corrected chi connectivity index (χ0v) is 17.3. The largest absolute Gasteiger partial charge is 0.466 e. The third-order valence-electron chi connectivity index (χ3n) is 3.44. The number of nitrogens with zero attached hydrogens (tertiary/aromatic N) is 1. The van der Waals surface area contributed by atoms with Crippen molar-refractivity contribution >= 4 is 17.9 Å². The van der Waals surface area contributed by atoms with Crippen molar-refractivity contribution in [3.63, 3.8) is 0 Å². The number of carbonyl (C=O) groups excluding carboxylic acids is 3. The van der Waals surface area contributed by atoms with E-state index in [0.717, 1.165) is 0 Å². The van der Waals surface area contributed by atoms with E-state index in [1.54, 1.807) is 48.5 Å². The lowest BCUT2D eigenvalue weighted by Gasteiger charge is -2.24. The molecule has 0 aromatic rings. The normalized spacial score (nSPS) is 12.0. The van der Waals surface area contributed by atoms with Crippen LogP contribution in [0.1, 0.15) is 54.9 Å². The van der Waals surface area contributed by atoms with Crippen molar-refractivity contribution in [1.29, 1.82) is 0 Å². The highest BCUT2D eigenvalue weighted by Crippen LogP contribution is 2.16. The van der Waals surface area contributed by atoms with Crippen LogP contribution in [0.4, 0.5) is 0 Å². The van der Waals surface area contributed by atoms with E-state index in [-0.39, 0.29) is 37.5 Å². The molecule has 0 saturated heterocycles. The minimum atomic E-state index is -0.558. The summed E-state index contributed by atoms with van der Waals surface area (Å²) in [6.07, 6.45) is 0.230. The molecule has 0 unspecified atom stereocenters. The Morgan fingerprint density at radius 1 is 0.731 bits per heavy atom. The summed E-state index contributed by atoms with van der Waals surface area (Å²) >= 11 is 0. The van der Waals surface area contributed by atoms with E-state index in [0.29, 0.717) is 26.2 Å². The highest BCUT2D eigenvalue weighted by Gasteiger charge is 2.24. The standard InChI is InChI=1S/C19H35NO6/c1-8-24-15(21)9-10-20(11-13-25-16(22)18(2,3)4)12-14-26-17(23)19(5,6)7/h8-14H2,1-7H3. The number of carbonyl (C=O) groups is 3. The number of ether oxygens (including phenoxy) is 3. The first-order valence-electron chi connectivity index (χ1n) is 9.10. The third-order valence-corrected chi connectivity index (χ3v) is 3.44. The molecule has 0 bridgehead atoms. The van der Waals surface area contributed by atoms with Crippen LogP contribution in [0.3, 0.4) is 0 Å². The Hall–Kier alpha value is -1.63. The van der Waals surface area contributed by atoms with Crippen molar-refractivity contribution in [2.24, 2.45) is 10.8 Å². The smallest absolute Gasteiger partial charge is 0.311 e. The zero-order chi connectivity index (χ0) is 20.4. The molecule has 0 saturated carbocycles. The van der Waals surface area contributed by atoms with Crippen molar-refractivity contribution < 1.29 is 28.6 Å². The van der Waals surface area contributed by atoms with Gasteiger partial charge in [0.15, 0.2) is 0 Å². The molecule has 0 aromatic carbocycles. The molecule has 26 heavy (non-hydrogen) atoms. The topological polar surface area (TPSA) is 82.1 Å². The Labute approximate surface area is 157 Å². The molecule has 0 rings (SSSR count). The molecule has 0 aromatic heterocycles. The predicted octanol–water partition coefficient (Wildman–Crippen LogP) is 2.42. The molecule has 0 spiro atoms. The summed E-state index contributed by atoms with van der Waals surface area (Å²) in [6, 6.07) is 0. The van der Waals surface area contributed by atoms with Crippen LogP contribution in [0, 0.1) is 10.8 Å². The van der Waals surface area contributed by atoms with Gasteiger partial charge in [0.2, 0.25) is 0 Å². The summed E-state index contributed by atoms with van der Waals surface area (Å²) in [4.78, 5) is 37.1. The summed E-state index contributed by atoms with van der Waals surface area (Å²) in [6.45, 7) is 14.6. The van der Waals surface area contributed by atoms with Gasteiger partial charge in [-0.2, -0.15) is 0 Å². The van der Waals surface area contributed by atoms with Gasteiger partial charge in [-0.15, -0.1) is 0 Å². The van der Waals surface area contributed by atoms with Gasteiger partial charge >= 0.3 is 17.9 Å². The van der Waals surface area contributed by atoms with Crippen LogP contribution in [0.5, 0.6) is 0 Å². The first-order valence-corrected chi connectivity index (χ1v) is 9.10. The van der Waals surface area contributed by atoms with Crippen LogP contribution in [0.25, 0.3) is 0 Å². The van der Waals surface area contributed by atoms with Gasteiger partial charge < -0.3 is 14.2 Å². The Morgan fingerprint density at radius 2 is 1.15 bits per heavy atom. The number of esters is 3. The summed E-state index contributed by atoms with van der Waals surface area (Å²) in [5, 5.41) is 0. The van der Waals surface area contributed by atoms with Gasteiger partial charge in [0, 0.05) is 19.6 Å². The molecule has 0 aliphatic heterocycles. The van der Waals surface area contributed by atoms with Crippen molar-refractivity contribution in [2.75, 3.05) is 39.5 Å². The minimum Gasteiger partial charge on any atom is -0.466 e. The molecule has 0 fully saturated rings. The van der Waals surface area contributed by atoms with Crippen LogP contribution in [-0.4, -0.2) is 62.3 Å². The highest BCUT2D eigenvalue weighted by atomic mass is 16.5. The molecule has 0 N–H and O–H groups in total. The molecule has 0 aliphatic carbocycles. The average Bonchev–Trinajstić information content (AvgIpc) is 2.50. The molecule has 152 valence electrons. The van der Waals surface area contributed by atoms with Crippen molar-refractivity contribution in [2.45, 2.75) is 54.9 Å². The van der Waals surface area contributed by atoms with Gasteiger partial charge in [-0.05, 0) is 48.5 Å². The number of hydrogen-bond donors (Lipinski definition) is 0. The molecule has 0 radical (unpaired) electrons. The van der Waals surface area contributed by atoms with Crippen LogP contribution in [-0.2, 0) is 28.6 Å². The minimum absolute atomic E-state index is 0.214. The number of hydrogen-bond acceptors (Lipinski definition) is 7. The Kier molecular flexibility index (Phi) is 10.5. The quantitative estimate of drug-likeness (QED) is 0.429. The molecule has 7 heteroatoms. The first kappa shape index (κ1) is 24.4. The number of rotatable bonds is 10. The van der Waals surface area contributed by atoms with E-state index in [1.165, 1.54) is 0 Å². The van der Waals surface area contributed by atoms with Gasteiger partial charge in [-0.1, -0.05) is 0 Å². The van der Waals surface area contributed by atoms with E-state index in [4.69, 9.17) is 14.2 Å². The molecule has 0 aliphatic rings. The van der Waals surface area contributed by atoms with E-state index in [9.17, 15) is 14.4 Å². The average molecular weight is 373 g/mol. The summed E-state index contributed by atoms with van der Waals surface area (Å²) in [5.41, 5.74) is -1.12. The lowest BCUT2D eigenvalue weighted by atomic mass is 9.97. The maximum absolute atomic E-state index is 11.8. The van der Waals surface area contributed by atoms with Crippen molar-refractivity contribution in [3.8, 4) is 0 Å². The lowest BCUT2D eigenvalue weighted by molar-refractivity contribution is -0.154. The maximum atomic E-state index is 11.8. The fourth-order valence-corrected chi connectivity index (χ4v) is 1.79. The Morgan fingerprint density at radius 3 is 1.50 bits per heavy atom. The maximum Gasteiger partial charge on any atom is 0.311 e. The second-order valence-electron chi connectivity index (χ2n) is 8.17. The monoisotopic (exact) mass is 373 g/mol. The third kappa shape index (κ3) is 11.1. The molecule has 0 atom stereocenters. The molecule has 7 nitrogen and oxygen atoms in total. The highest BCUT2D eigenvalue weighted by molar-refractivity contribution is 5.75. The van der Waals surface area contributed by atoms with Crippen LogP contribution in [0.15, 0.2) is 0 Å². The van der Waals surface area contributed by atoms with Gasteiger partial charge in [0.25, 0.3) is 0 Å². The predicted molar refractivity (Wildman–Crippen MR) is 98.5 cm³/mol. The molecular formula is C19H35NO6. The van der Waals surface area contributed by atoms with E-state index < -0.39 is 10.8 Å². The Bertz CT molecular complexity index is 430. The van der Waals surface area contributed by atoms with Crippen molar-refractivity contribution in [1.82, 2.24) is 4.90 Å². The summed E-state index contributed by atoms with van der Waals surface area (Å²) in [5.74, 6) is -0.833. The molecule has 0 heterocycles. The van der Waals surface area contributed by atoms with Gasteiger partial charge in [0.1, 0.15) is 13.2 Å². The zero-order valence-electron chi connectivity index (χ0n) is 17.3. The van der Waals surface area contributed by atoms with E-state index in [2.05, 4.69) is 0 Å². The fourth-order valence-electron chi connectivity index (χ4n) is 1.79. The second kappa shape index (κ2) is 11.2. The van der Waals surface area contributed by atoms with Crippen LogP contribution in [0.2, 0.25) is 0 Å². The Balaban J connectivity index is 4.47. The van der Waals surface area contributed by atoms with Gasteiger partial charge in [0.05, 0.1) is 23.9 Å². The second-order valence-corrected chi connectivity index (χ2v) is 8.17. The SMILES string of the molecule is CCOC(=O)CCN(CCOC(=O)C(C)(C)C)CCOC(=O)C(C)(C)C. The fraction of sp³-hybridized carbons (Fsp3) is 0.842. The van der Waals surface area contributed by atoms with Crippen LogP contribution < -0.4 is 0 Å². The summed E-state index contributed by atoms with van der Waals surface area (Å²) < 4.78 is 15.5. The van der Waals surface area contributed by atoms with Crippen molar-refractivity contribution in [3.05, 3.63) is 0 Å². The van der Waals surface area contributed by atoms with Crippen LogP contribution >= 0.6 is 0 Å². The first-order chi connectivity index (χ1) is 11.9. The molecule has 0 amide bonds.